The van der Waals surface area contributed by atoms with Gasteiger partial charge in [0.15, 0.2) is 5.75 Å². The van der Waals surface area contributed by atoms with Crippen molar-refractivity contribution < 1.29 is 4.74 Å². The maximum Gasteiger partial charge on any atom is 0.156 e. The summed E-state index contributed by atoms with van der Waals surface area (Å²) in [5.41, 5.74) is 0. The van der Waals surface area contributed by atoms with Gasteiger partial charge in [-0.1, -0.05) is 48.7 Å². The Bertz CT molecular complexity index is 359. The zero-order valence-corrected chi connectivity index (χ0v) is 12.9. The van der Waals surface area contributed by atoms with Crippen LogP contribution in [0.4, 0.5) is 0 Å². The van der Waals surface area contributed by atoms with Gasteiger partial charge in [0.1, 0.15) is 0 Å². The smallest absolute Gasteiger partial charge is 0.156 e. The lowest BCUT2D eigenvalue weighted by atomic mass is 10.2. The number of benzene rings is 1. The first-order valence-electron chi connectivity index (χ1n) is 5.98. The maximum absolute atomic E-state index is 6.01. The van der Waals surface area contributed by atoms with E-state index in [0.29, 0.717) is 33.3 Å². The minimum absolute atomic E-state index is 0.447. The molecule has 0 saturated heterocycles. The molecule has 0 aliphatic rings. The monoisotopic (exact) mass is 309 g/mol. The summed E-state index contributed by atoms with van der Waals surface area (Å²) in [6.07, 6.45) is 0.905. The van der Waals surface area contributed by atoms with Crippen LogP contribution in [0, 0.1) is 5.92 Å². The molecule has 0 saturated carbocycles. The normalized spacial score (nSPS) is 11.0. The third-order valence-electron chi connectivity index (χ3n) is 2.26. The fraction of sp³-hybridized carbons (Fsp3) is 0.538. The first kappa shape index (κ1) is 15.9. The van der Waals surface area contributed by atoms with Gasteiger partial charge in [-0.05, 0) is 37.6 Å². The van der Waals surface area contributed by atoms with Crippen LogP contribution in [0.15, 0.2) is 12.1 Å². The van der Waals surface area contributed by atoms with E-state index in [9.17, 15) is 0 Å². The highest BCUT2D eigenvalue weighted by atomic mass is 35.5. The Morgan fingerprint density at radius 2 is 1.78 bits per heavy atom. The van der Waals surface area contributed by atoms with Crippen LogP contribution in [0.2, 0.25) is 15.1 Å². The summed E-state index contributed by atoms with van der Waals surface area (Å²) in [7, 11) is 0. The number of hydrogen-bond acceptors (Lipinski definition) is 2. The molecule has 0 aliphatic carbocycles. The topological polar surface area (TPSA) is 21.3 Å². The minimum Gasteiger partial charge on any atom is -0.490 e. The molecule has 0 atom stereocenters. The number of halogens is 3. The van der Waals surface area contributed by atoms with Crippen molar-refractivity contribution >= 4 is 34.8 Å². The van der Waals surface area contributed by atoms with E-state index in [4.69, 9.17) is 39.5 Å². The highest BCUT2D eigenvalue weighted by molar-refractivity contribution is 6.40. The lowest BCUT2D eigenvalue weighted by Crippen LogP contribution is -2.22. The molecule has 0 aliphatic heterocycles. The van der Waals surface area contributed by atoms with Gasteiger partial charge >= 0.3 is 0 Å². The van der Waals surface area contributed by atoms with Crippen molar-refractivity contribution in [3.63, 3.8) is 0 Å². The van der Waals surface area contributed by atoms with E-state index in [2.05, 4.69) is 19.2 Å². The second kappa shape index (κ2) is 8.11. The average molecular weight is 311 g/mol. The van der Waals surface area contributed by atoms with Gasteiger partial charge in [-0.2, -0.15) is 0 Å². The van der Waals surface area contributed by atoms with Gasteiger partial charge in [-0.15, -0.1) is 0 Å². The fourth-order valence-corrected chi connectivity index (χ4v) is 2.36. The van der Waals surface area contributed by atoms with Crippen LogP contribution in [-0.4, -0.2) is 19.7 Å². The van der Waals surface area contributed by atoms with Crippen LogP contribution in [0.5, 0.6) is 5.75 Å². The molecular weight excluding hydrogens is 293 g/mol. The Morgan fingerprint density at radius 1 is 1.17 bits per heavy atom. The first-order valence-corrected chi connectivity index (χ1v) is 7.12. The van der Waals surface area contributed by atoms with Crippen molar-refractivity contribution in [3.05, 3.63) is 27.2 Å². The Balaban J connectivity index is 2.31. The quantitative estimate of drug-likeness (QED) is 0.739. The van der Waals surface area contributed by atoms with Crippen molar-refractivity contribution in [1.29, 1.82) is 0 Å². The van der Waals surface area contributed by atoms with Crippen molar-refractivity contribution in [3.8, 4) is 5.75 Å². The van der Waals surface area contributed by atoms with E-state index in [1.165, 1.54) is 0 Å². The van der Waals surface area contributed by atoms with Crippen LogP contribution in [0.3, 0.4) is 0 Å². The van der Waals surface area contributed by atoms with Crippen molar-refractivity contribution in [2.75, 3.05) is 19.7 Å². The largest absolute Gasteiger partial charge is 0.490 e. The lowest BCUT2D eigenvalue weighted by molar-refractivity contribution is 0.307. The Morgan fingerprint density at radius 3 is 2.33 bits per heavy atom. The molecule has 0 bridgehead atoms. The van der Waals surface area contributed by atoms with Gasteiger partial charge in [0.2, 0.25) is 0 Å². The predicted octanol–water partition coefficient (Wildman–Crippen LogP) is 4.66. The third kappa shape index (κ3) is 5.66. The van der Waals surface area contributed by atoms with Gasteiger partial charge in [-0.3, -0.25) is 0 Å². The van der Waals surface area contributed by atoms with E-state index >= 15 is 0 Å². The molecule has 0 heterocycles. The molecule has 0 fully saturated rings. The summed E-state index contributed by atoms with van der Waals surface area (Å²) in [5.74, 6) is 1.16. The molecule has 1 aromatic carbocycles. The van der Waals surface area contributed by atoms with Crippen LogP contribution in [0.1, 0.15) is 20.3 Å². The van der Waals surface area contributed by atoms with Gasteiger partial charge in [0.05, 0.1) is 16.7 Å². The Labute approximate surface area is 124 Å². The van der Waals surface area contributed by atoms with Gasteiger partial charge in [0.25, 0.3) is 0 Å². The summed E-state index contributed by atoms with van der Waals surface area (Å²) in [6.45, 7) is 6.86. The molecule has 1 rings (SSSR count). The summed E-state index contributed by atoms with van der Waals surface area (Å²) >= 11 is 17.8. The van der Waals surface area contributed by atoms with E-state index in [1.54, 1.807) is 12.1 Å². The second-order valence-electron chi connectivity index (χ2n) is 4.50. The zero-order valence-electron chi connectivity index (χ0n) is 10.6. The van der Waals surface area contributed by atoms with Crippen molar-refractivity contribution in [1.82, 2.24) is 5.32 Å². The van der Waals surface area contributed by atoms with Crippen molar-refractivity contribution in [2.24, 2.45) is 5.92 Å². The van der Waals surface area contributed by atoms with E-state index in [1.807, 2.05) is 0 Å². The number of ether oxygens (including phenoxy) is 1. The van der Waals surface area contributed by atoms with E-state index in [0.717, 1.165) is 19.5 Å². The highest BCUT2D eigenvalue weighted by Gasteiger charge is 2.08. The lowest BCUT2D eigenvalue weighted by Gasteiger charge is -2.11. The number of hydrogen-bond donors (Lipinski definition) is 1. The minimum atomic E-state index is 0.447. The standard InChI is InChI=1S/C13H18Cl3NO/c1-9(2)8-17-4-3-5-18-13-11(15)6-10(14)7-12(13)16/h6-7,9,17H,3-5,8H2,1-2H3. The molecule has 1 aromatic rings. The summed E-state index contributed by atoms with van der Waals surface area (Å²) in [5, 5.41) is 4.75. The van der Waals surface area contributed by atoms with Gasteiger partial charge in [-0.25, -0.2) is 0 Å². The second-order valence-corrected chi connectivity index (χ2v) is 5.75. The molecule has 0 amide bonds. The van der Waals surface area contributed by atoms with Crippen LogP contribution in [0.25, 0.3) is 0 Å². The van der Waals surface area contributed by atoms with Gasteiger partial charge < -0.3 is 10.1 Å². The zero-order chi connectivity index (χ0) is 13.5. The molecule has 0 aromatic heterocycles. The van der Waals surface area contributed by atoms with Crippen LogP contribution < -0.4 is 10.1 Å². The summed E-state index contributed by atoms with van der Waals surface area (Å²) in [6, 6.07) is 3.25. The van der Waals surface area contributed by atoms with Crippen LogP contribution in [-0.2, 0) is 0 Å². The van der Waals surface area contributed by atoms with Gasteiger partial charge in [0, 0.05) is 5.02 Å². The molecule has 0 spiro atoms. The molecule has 1 N–H and O–H groups in total. The Hall–Kier alpha value is -0.150. The maximum atomic E-state index is 6.01. The molecule has 2 nitrogen and oxygen atoms in total. The SMILES string of the molecule is CC(C)CNCCCOc1c(Cl)cc(Cl)cc1Cl. The van der Waals surface area contributed by atoms with Crippen molar-refractivity contribution in [2.45, 2.75) is 20.3 Å². The summed E-state index contributed by atoms with van der Waals surface area (Å²) in [4.78, 5) is 0. The highest BCUT2D eigenvalue weighted by Crippen LogP contribution is 2.35. The molecular formula is C13H18Cl3NO. The fourth-order valence-electron chi connectivity index (χ4n) is 1.43. The van der Waals surface area contributed by atoms with E-state index < -0.39 is 0 Å². The number of nitrogens with one attached hydrogen (secondary N) is 1. The third-order valence-corrected chi connectivity index (χ3v) is 3.04. The molecule has 0 unspecified atom stereocenters. The molecule has 0 radical (unpaired) electrons. The van der Waals surface area contributed by atoms with Crippen LogP contribution >= 0.6 is 34.8 Å². The first-order chi connectivity index (χ1) is 8.50. The van der Waals surface area contributed by atoms with E-state index in [-0.39, 0.29) is 0 Å². The molecule has 18 heavy (non-hydrogen) atoms. The molecule has 102 valence electrons. The predicted molar refractivity (Wildman–Crippen MR) is 79.3 cm³/mol. The number of rotatable bonds is 7. The molecule has 5 heteroatoms. The Kier molecular flexibility index (Phi) is 7.16. The summed E-state index contributed by atoms with van der Waals surface area (Å²) < 4.78 is 5.57. The average Bonchev–Trinajstić information content (AvgIpc) is 2.25.